The number of benzene rings is 4. The molecule has 4 aromatic carbocycles. The van der Waals surface area contributed by atoms with E-state index in [0.29, 0.717) is 28.1 Å². The molecule has 1 aliphatic heterocycles. The van der Waals surface area contributed by atoms with Gasteiger partial charge in [0.25, 0.3) is 11.6 Å². The number of unbranched alkanes of at least 4 members (excludes halogenated alkanes) is 1. The topological polar surface area (TPSA) is 89.8 Å². The molecular formula is C32H28N2O5. The fraction of sp³-hybridized carbons (Fsp3) is 0.188. The van der Waals surface area contributed by atoms with E-state index in [1.54, 1.807) is 60.7 Å². The summed E-state index contributed by atoms with van der Waals surface area (Å²) >= 11 is 0. The molecule has 0 N–H and O–H groups in total. The van der Waals surface area contributed by atoms with Gasteiger partial charge in [0.15, 0.2) is 11.9 Å². The molecule has 39 heavy (non-hydrogen) atoms. The predicted octanol–water partition coefficient (Wildman–Crippen LogP) is 6.97. The second-order valence-electron chi connectivity index (χ2n) is 9.50. The highest BCUT2D eigenvalue weighted by molar-refractivity contribution is 6.14. The normalized spacial score (nSPS) is 16.2. The van der Waals surface area contributed by atoms with Gasteiger partial charge in [-0.15, -0.1) is 0 Å². The second kappa shape index (κ2) is 11.3. The molecule has 2 unspecified atom stereocenters. The molecule has 0 aromatic heterocycles. The third kappa shape index (κ3) is 5.29. The van der Waals surface area contributed by atoms with Crippen molar-refractivity contribution in [1.29, 1.82) is 0 Å². The van der Waals surface area contributed by atoms with E-state index in [0.717, 1.165) is 24.8 Å². The Kier molecular flexibility index (Phi) is 7.50. The van der Waals surface area contributed by atoms with Gasteiger partial charge in [-0.2, -0.15) is 0 Å². The molecule has 2 atom stereocenters. The number of fused-ring (bicyclic) bond motifs is 1. The highest BCUT2D eigenvalue weighted by Gasteiger charge is 2.44. The van der Waals surface area contributed by atoms with Crippen molar-refractivity contribution in [3.63, 3.8) is 0 Å². The van der Waals surface area contributed by atoms with Gasteiger partial charge in [-0.25, -0.2) is 0 Å². The van der Waals surface area contributed by atoms with Crippen molar-refractivity contribution in [2.75, 3.05) is 4.90 Å². The molecule has 7 heteroatoms. The fourth-order valence-corrected chi connectivity index (χ4v) is 4.89. The Labute approximate surface area is 226 Å². The van der Waals surface area contributed by atoms with Crippen LogP contribution in [0.1, 0.15) is 57.7 Å². The minimum Gasteiger partial charge on any atom is -0.482 e. The number of hydrogen-bond donors (Lipinski definition) is 0. The number of nitro groups is 1. The summed E-state index contributed by atoms with van der Waals surface area (Å²) in [7, 11) is 0. The van der Waals surface area contributed by atoms with E-state index in [-0.39, 0.29) is 17.4 Å². The third-order valence-electron chi connectivity index (χ3n) is 6.95. The largest absolute Gasteiger partial charge is 0.482 e. The van der Waals surface area contributed by atoms with E-state index in [1.165, 1.54) is 17.0 Å². The van der Waals surface area contributed by atoms with Crippen molar-refractivity contribution in [1.82, 2.24) is 0 Å². The van der Waals surface area contributed by atoms with Crippen molar-refractivity contribution in [3.8, 4) is 5.75 Å². The molecule has 4 aromatic rings. The number of carbonyl (C=O) groups is 2. The van der Waals surface area contributed by atoms with Crippen LogP contribution in [0.5, 0.6) is 5.75 Å². The Bertz CT molecular complexity index is 1480. The molecule has 1 heterocycles. The number of Topliss-reactive ketones (excluding diaryl/α,β-unsaturated/α-hetero) is 1. The SMILES string of the molecule is CCCCc1ccc(N(C(=O)c2ccccc2)C2C(=O)c3ccccc3OC2c2ccc([N+](=O)[O-])cc2)cc1. The van der Waals surface area contributed by atoms with Crippen molar-refractivity contribution in [2.24, 2.45) is 0 Å². The molecule has 0 aliphatic carbocycles. The molecule has 0 saturated heterocycles. The molecule has 0 spiro atoms. The molecule has 5 rings (SSSR count). The van der Waals surface area contributed by atoms with E-state index in [4.69, 9.17) is 4.74 Å². The van der Waals surface area contributed by atoms with Crippen molar-refractivity contribution in [3.05, 3.63) is 135 Å². The minimum atomic E-state index is -1.05. The van der Waals surface area contributed by atoms with E-state index >= 15 is 0 Å². The van der Waals surface area contributed by atoms with Crippen molar-refractivity contribution in [2.45, 2.75) is 38.3 Å². The molecule has 0 bridgehead atoms. The number of amides is 1. The first-order valence-corrected chi connectivity index (χ1v) is 13.0. The Hall–Kier alpha value is -4.78. The highest BCUT2D eigenvalue weighted by atomic mass is 16.6. The number of nitrogens with zero attached hydrogens (tertiary/aromatic N) is 2. The number of para-hydroxylation sites is 1. The number of non-ortho nitro benzene ring substituents is 1. The lowest BCUT2D eigenvalue weighted by molar-refractivity contribution is -0.384. The van der Waals surface area contributed by atoms with Gasteiger partial charge < -0.3 is 4.74 Å². The van der Waals surface area contributed by atoms with Gasteiger partial charge in [0.2, 0.25) is 0 Å². The predicted molar refractivity (Wildman–Crippen MR) is 149 cm³/mol. The van der Waals surface area contributed by atoms with Crippen LogP contribution in [0.15, 0.2) is 103 Å². The van der Waals surface area contributed by atoms with Crippen LogP contribution in [0.4, 0.5) is 11.4 Å². The zero-order valence-electron chi connectivity index (χ0n) is 21.5. The van der Waals surface area contributed by atoms with E-state index in [9.17, 15) is 19.7 Å². The van der Waals surface area contributed by atoms with Crippen LogP contribution in [0.25, 0.3) is 0 Å². The number of rotatable bonds is 8. The van der Waals surface area contributed by atoms with Gasteiger partial charge in [-0.3, -0.25) is 24.6 Å². The van der Waals surface area contributed by atoms with Gasteiger partial charge >= 0.3 is 0 Å². The number of aryl methyl sites for hydroxylation is 1. The standard InChI is InChI=1S/C32H28N2O5/c1-2-3-9-22-14-18-25(19-15-22)33(32(36)24-10-5-4-6-11-24)29-30(35)27-12-7-8-13-28(27)39-31(29)23-16-20-26(21-17-23)34(37)38/h4-8,10-21,29,31H,2-3,9H2,1H3. The van der Waals surface area contributed by atoms with Gasteiger partial charge in [0, 0.05) is 23.4 Å². The zero-order valence-corrected chi connectivity index (χ0v) is 21.5. The average molecular weight is 521 g/mol. The lowest BCUT2D eigenvalue weighted by Crippen LogP contribution is -2.52. The summed E-state index contributed by atoms with van der Waals surface area (Å²) in [6.07, 6.45) is 2.17. The first-order chi connectivity index (χ1) is 19.0. The lowest BCUT2D eigenvalue weighted by Gasteiger charge is -2.39. The van der Waals surface area contributed by atoms with Crippen LogP contribution in [-0.2, 0) is 6.42 Å². The molecule has 1 aliphatic rings. The summed E-state index contributed by atoms with van der Waals surface area (Å²) in [5, 5.41) is 11.3. The maximum Gasteiger partial charge on any atom is 0.269 e. The van der Waals surface area contributed by atoms with Crippen LogP contribution in [0, 0.1) is 10.1 Å². The van der Waals surface area contributed by atoms with Gasteiger partial charge in [0.1, 0.15) is 11.8 Å². The summed E-state index contributed by atoms with van der Waals surface area (Å²) < 4.78 is 6.38. The van der Waals surface area contributed by atoms with Gasteiger partial charge in [-0.1, -0.05) is 55.8 Å². The maximum absolute atomic E-state index is 14.2. The number of anilines is 1. The highest BCUT2D eigenvalue weighted by Crippen LogP contribution is 2.40. The Morgan fingerprint density at radius 2 is 1.56 bits per heavy atom. The number of ketones is 1. The van der Waals surface area contributed by atoms with E-state index < -0.39 is 17.1 Å². The molecule has 0 fully saturated rings. The minimum absolute atomic E-state index is 0.0716. The number of nitro benzene ring substituents is 1. The van der Waals surface area contributed by atoms with Crippen LogP contribution in [0.3, 0.4) is 0 Å². The Morgan fingerprint density at radius 1 is 0.897 bits per heavy atom. The monoisotopic (exact) mass is 520 g/mol. The van der Waals surface area contributed by atoms with Gasteiger partial charge in [-0.05, 0) is 72.5 Å². The van der Waals surface area contributed by atoms with E-state index in [1.807, 2.05) is 30.3 Å². The summed E-state index contributed by atoms with van der Waals surface area (Å²) in [5.74, 6) is -0.200. The first-order valence-electron chi connectivity index (χ1n) is 13.0. The summed E-state index contributed by atoms with van der Waals surface area (Å²) in [5.41, 5.74) is 3.01. The van der Waals surface area contributed by atoms with Crippen LogP contribution >= 0.6 is 0 Å². The summed E-state index contributed by atoms with van der Waals surface area (Å²) in [6, 6.07) is 28.3. The van der Waals surface area contributed by atoms with E-state index in [2.05, 4.69) is 6.92 Å². The lowest BCUT2D eigenvalue weighted by atomic mass is 9.89. The van der Waals surface area contributed by atoms with Crippen LogP contribution in [0.2, 0.25) is 0 Å². The zero-order chi connectivity index (χ0) is 27.4. The number of carbonyl (C=O) groups excluding carboxylic acids is 2. The molecule has 196 valence electrons. The Morgan fingerprint density at radius 3 is 2.23 bits per heavy atom. The number of ether oxygens (including phenoxy) is 1. The fourth-order valence-electron chi connectivity index (χ4n) is 4.89. The average Bonchev–Trinajstić information content (AvgIpc) is 2.98. The molecule has 0 saturated carbocycles. The second-order valence-corrected chi connectivity index (χ2v) is 9.50. The first kappa shape index (κ1) is 25.9. The van der Waals surface area contributed by atoms with Crippen molar-refractivity contribution >= 4 is 23.1 Å². The third-order valence-corrected chi connectivity index (χ3v) is 6.95. The Balaban J connectivity index is 1.65. The smallest absolute Gasteiger partial charge is 0.269 e. The molecule has 0 radical (unpaired) electrons. The van der Waals surface area contributed by atoms with Crippen LogP contribution in [-0.4, -0.2) is 22.7 Å². The summed E-state index contributed by atoms with van der Waals surface area (Å²) in [6.45, 7) is 2.14. The maximum atomic E-state index is 14.2. The number of hydrogen-bond acceptors (Lipinski definition) is 5. The van der Waals surface area contributed by atoms with Gasteiger partial charge in [0.05, 0.1) is 10.5 Å². The molecule has 1 amide bonds. The summed E-state index contributed by atoms with van der Waals surface area (Å²) in [4.78, 5) is 40.6. The molecular weight excluding hydrogens is 492 g/mol. The van der Waals surface area contributed by atoms with Crippen LogP contribution < -0.4 is 9.64 Å². The molecule has 7 nitrogen and oxygen atoms in total. The van der Waals surface area contributed by atoms with Crippen molar-refractivity contribution < 1.29 is 19.2 Å². The quantitative estimate of drug-likeness (QED) is 0.185.